The second kappa shape index (κ2) is 7.14. The smallest absolute Gasteiger partial charge is 0.317 e. The van der Waals surface area contributed by atoms with E-state index in [0.717, 1.165) is 0 Å². The highest BCUT2D eigenvalue weighted by atomic mass is 16.5. The van der Waals surface area contributed by atoms with Crippen molar-refractivity contribution in [1.29, 1.82) is 0 Å². The van der Waals surface area contributed by atoms with Crippen molar-refractivity contribution < 1.29 is 19.4 Å². The molecule has 0 unspecified atom stereocenters. The molecule has 0 spiro atoms. The topological polar surface area (TPSA) is 78.9 Å². The summed E-state index contributed by atoms with van der Waals surface area (Å²) >= 11 is 0. The van der Waals surface area contributed by atoms with Crippen molar-refractivity contribution in [2.45, 2.75) is 6.42 Å². The van der Waals surface area contributed by atoms with Crippen molar-refractivity contribution in [3.8, 4) is 0 Å². The standard InChI is InChI=1S/C8H16N2O4/c1-10(5-3-7(11)12)8(13)9-4-6-14-2/h3-6H2,1-2H3,(H,9,13)(H,11,12). The number of methoxy groups -OCH3 is 1. The van der Waals surface area contributed by atoms with Crippen molar-refractivity contribution >= 4 is 12.0 Å². The molecule has 0 aromatic rings. The van der Waals surface area contributed by atoms with E-state index >= 15 is 0 Å². The first kappa shape index (κ1) is 12.7. The minimum absolute atomic E-state index is 0.0474. The molecule has 14 heavy (non-hydrogen) atoms. The van der Waals surface area contributed by atoms with Gasteiger partial charge in [-0.3, -0.25) is 4.79 Å². The Balaban J connectivity index is 3.59. The minimum Gasteiger partial charge on any atom is -0.481 e. The van der Waals surface area contributed by atoms with Gasteiger partial charge in [-0.1, -0.05) is 0 Å². The van der Waals surface area contributed by atoms with Crippen LogP contribution in [0.2, 0.25) is 0 Å². The molecule has 6 nitrogen and oxygen atoms in total. The van der Waals surface area contributed by atoms with Crippen molar-refractivity contribution in [2.24, 2.45) is 0 Å². The van der Waals surface area contributed by atoms with E-state index in [1.54, 1.807) is 14.2 Å². The highest BCUT2D eigenvalue weighted by Crippen LogP contribution is 1.88. The van der Waals surface area contributed by atoms with Crippen LogP contribution in [0, 0.1) is 0 Å². The number of nitrogens with zero attached hydrogens (tertiary/aromatic N) is 1. The van der Waals surface area contributed by atoms with E-state index in [-0.39, 0.29) is 19.0 Å². The molecule has 0 fully saturated rings. The van der Waals surface area contributed by atoms with Crippen LogP contribution in [0.1, 0.15) is 6.42 Å². The molecule has 82 valence electrons. The molecule has 0 aliphatic rings. The van der Waals surface area contributed by atoms with Crippen molar-refractivity contribution in [2.75, 3.05) is 33.9 Å². The molecule has 0 saturated carbocycles. The van der Waals surface area contributed by atoms with Gasteiger partial charge in [0.25, 0.3) is 0 Å². The molecular formula is C8H16N2O4. The maximum Gasteiger partial charge on any atom is 0.317 e. The first-order valence-electron chi connectivity index (χ1n) is 4.27. The average molecular weight is 204 g/mol. The fourth-order valence-electron chi connectivity index (χ4n) is 0.760. The summed E-state index contributed by atoms with van der Waals surface area (Å²) in [5, 5.41) is 11.0. The van der Waals surface area contributed by atoms with Crippen LogP contribution in [0.25, 0.3) is 0 Å². The molecule has 0 heterocycles. The molecule has 0 saturated heterocycles. The second-order valence-corrected chi connectivity index (χ2v) is 2.79. The first-order valence-corrected chi connectivity index (χ1v) is 4.27. The Morgan fingerprint density at radius 1 is 1.50 bits per heavy atom. The van der Waals surface area contributed by atoms with Crippen molar-refractivity contribution in [3.05, 3.63) is 0 Å². The van der Waals surface area contributed by atoms with Gasteiger partial charge in [-0.25, -0.2) is 4.79 Å². The van der Waals surface area contributed by atoms with Gasteiger partial charge in [-0.15, -0.1) is 0 Å². The summed E-state index contributed by atoms with van der Waals surface area (Å²) in [6, 6.07) is -0.289. The van der Waals surface area contributed by atoms with Gasteiger partial charge in [0.15, 0.2) is 0 Å². The summed E-state index contributed by atoms with van der Waals surface area (Å²) in [6.07, 6.45) is -0.0474. The lowest BCUT2D eigenvalue weighted by molar-refractivity contribution is -0.137. The number of hydrogen-bond acceptors (Lipinski definition) is 3. The van der Waals surface area contributed by atoms with Crippen LogP contribution in [-0.4, -0.2) is 55.9 Å². The van der Waals surface area contributed by atoms with Crippen LogP contribution in [-0.2, 0) is 9.53 Å². The lowest BCUT2D eigenvalue weighted by Crippen LogP contribution is -2.39. The van der Waals surface area contributed by atoms with Gasteiger partial charge >= 0.3 is 12.0 Å². The molecule has 0 aliphatic carbocycles. The number of rotatable bonds is 6. The number of carboxylic acids is 1. The summed E-state index contributed by atoms with van der Waals surface area (Å²) in [5.41, 5.74) is 0. The predicted octanol–water partition coefficient (Wildman–Crippen LogP) is -0.251. The number of ether oxygens (including phenoxy) is 1. The Morgan fingerprint density at radius 2 is 2.14 bits per heavy atom. The second-order valence-electron chi connectivity index (χ2n) is 2.79. The molecule has 2 N–H and O–H groups in total. The number of aliphatic carboxylic acids is 1. The van der Waals surface area contributed by atoms with Crippen LogP contribution in [0.4, 0.5) is 4.79 Å². The zero-order chi connectivity index (χ0) is 11.0. The van der Waals surface area contributed by atoms with Gasteiger partial charge in [0.2, 0.25) is 0 Å². The molecular weight excluding hydrogens is 188 g/mol. The average Bonchev–Trinajstić information content (AvgIpc) is 2.14. The normalized spacial score (nSPS) is 9.57. The largest absolute Gasteiger partial charge is 0.481 e. The maximum atomic E-state index is 11.2. The summed E-state index contributed by atoms with van der Waals surface area (Å²) in [4.78, 5) is 22.7. The maximum absolute atomic E-state index is 11.2. The number of carboxylic acid groups (broad SMARTS) is 1. The molecule has 0 atom stereocenters. The Hall–Kier alpha value is -1.30. The van der Waals surface area contributed by atoms with Gasteiger partial charge in [-0.2, -0.15) is 0 Å². The van der Waals surface area contributed by atoms with E-state index < -0.39 is 5.97 Å². The third-order valence-corrected chi connectivity index (χ3v) is 1.59. The summed E-state index contributed by atoms with van der Waals surface area (Å²) in [5.74, 6) is -0.915. The number of urea groups is 1. The monoisotopic (exact) mass is 204 g/mol. The fourth-order valence-corrected chi connectivity index (χ4v) is 0.760. The van der Waals surface area contributed by atoms with E-state index in [2.05, 4.69) is 5.32 Å². The highest BCUT2D eigenvalue weighted by molar-refractivity contribution is 5.74. The lowest BCUT2D eigenvalue weighted by atomic mass is 10.4. The minimum atomic E-state index is -0.915. The summed E-state index contributed by atoms with van der Waals surface area (Å²) < 4.78 is 4.74. The van der Waals surface area contributed by atoms with Gasteiger partial charge in [-0.05, 0) is 0 Å². The van der Waals surface area contributed by atoms with Gasteiger partial charge < -0.3 is 20.1 Å². The molecule has 6 heteroatoms. The Morgan fingerprint density at radius 3 is 2.64 bits per heavy atom. The van der Waals surface area contributed by atoms with Crippen LogP contribution < -0.4 is 5.32 Å². The quantitative estimate of drug-likeness (QED) is 0.585. The summed E-state index contributed by atoms with van der Waals surface area (Å²) in [7, 11) is 3.09. The van der Waals surface area contributed by atoms with E-state index in [1.807, 2.05) is 0 Å². The first-order chi connectivity index (χ1) is 6.57. The van der Waals surface area contributed by atoms with E-state index in [0.29, 0.717) is 13.2 Å². The Bertz CT molecular complexity index is 196. The van der Waals surface area contributed by atoms with Crippen LogP contribution in [0.3, 0.4) is 0 Å². The third kappa shape index (κ3) is 6.24. The van der Waals surface area contributed by atoms with Gasteiger partial charge in [0.1, 0.15) is 0 Å². The Labute approximate surface area is 82.8 Å². The fraction of sp³-hybridized carbons (Fsp3) is 0.750. The zero-order valence-corrected chi connectivity index (χ0v) is 8.45. The van der Waals surface area contributed by atoms with E-state index in [9.17, 15) is 9.59 Å². The predicted molar refractivity (Wildman–Crippen MR) is 50.2 cm³/mol. The number of carbonyl (C=O) groups excluding carboxylic acids is 1. The lowest BCUT2D eigenvalue weighted by Gasteiger charge is -2.16. The summed E-state index contributed by atoms with van der Waals surface area (Å²) in [6.45, 7) is 1.07. The van der Waals surface area contributed by atoms with E-state index in [1.165, 1.54) is 4.90 Å². The molecule has 0 radical (unpaired) electrons. The highest BCUT2D eigenvalue weighted by Gasteiger charge is 2.08. The van der Waals surface area contributed by atoms with Crippen LogP contribution >= 0.6 is 0 Å². The number of nitrogens with one attached hydrogen (secondary N) is 1. The number of amides is 2. The molecule has 0 aromatic heterocycles. The molecule has 0 aromatic carbocycles. The van der Waals surface area contributed by atoms with Crippen LogP contribution in [0.15, 0.2) is 0 Å². The number of hydrogen-bond donors (Lipinski definition) is 2. The number of carbonyl (C=O) groups is 2. The van der Waals surface area contributed by atoms with Crippen LogP contribution in [0.5, 0.6) is 0 Å². The molecule has 0 bridgehead atoms. The Kier molecular flexibility index (Phi) is 6.47. The van der Waals surface area contributed by atoms with Gasteiger partial charge in [0.05, 0.1) is 13.0 Å². The molecule has 0 rings (SSSR count). The van der Waals surface area contributed by atoms with Crippen molar-refractivity contribution in [1.82, 2.24) is 10.2 Å². The SMILES string of the molecule is COCCNC(=O)N(C)CCC(=O)O. The van der Waals surface area contributed by atoms with Gasteiger partial charge in [0, 0.05) is 27.2 Å². The molecule has 0 aliphatic heterocycles. The van der Waals surface area contributed by atoms with E-state index in [4.69, 9.17) is 9.84 Å². The molecule has 2 amide bonds. The third-order valence-electron chi connectivity index (χ3n) is 1.59. The van der Waals surface area contributed by atoms with Crippen molar-refractivity contribution in [3.63, 3.8) is 0 Å². The zero-order valence-electron chi connectivity index (χ0n) is 8.45.